The highest BCUT2D eigenvalue weighted by Gasteiger charge is 2.15. The van der Waals surface area contributed by atoms with E-state index >= 15 is 0 Å². The fourth-order valence-electron chi connectivity index (χ4n) is 2.10. The number of benzene rings is 1. The first-order valence-corrected chi connectivity index (χ1v) is 8.17. The zero-order chi connectivity index (χ0) is 17.8. The van der Waals surface area contributed by atoms with Crippen molar-refractivity contribution in [2.75, 3.05) is 5.75 Å². The van der Waals surface area contributed by atoms with Gasteiger partial charge in [-0.25, -0.2) is 0 Å². The monoisotopic (exact) mass is 365 g/mol. The van der Waals surface area contributed by atoms with Crippen molar-refractivity contribution in [3.63, 3.8) is 0 Å². The second kappa shape index (κ2) is 7.47. The van der Waals surface area contributed by atoms with Gasteiger partial charge in [0.15, 0.2) is 22.5 Å². The van der Waals surface area contributed by atoms with E-state index < -0.39 is 6.61 Å². The average molecular weight is 365 g/mol. The molecule has 0 fully saturated rings. The van der Waals surface area contributed by atoms with Crippen LogP contribution in [-0.4, -0.2) is 32.9 Å². The van der Waals surface area contributed by atoms with Gasteiger partial charge in [0.1, 0.15) is 5.75 Å². The van der Waals surface area contributed by atoms with Crippen molar-refractivity contribution >= 4 is 17.5 Å². The minimum atomic E-state index is -2.89. The van der Waals surface area contributed by atoms with E-state index in [1.807, 2.05) is 0 Å². The van der Waals surface area contributed by atoms with E-state index in [0.29, 0.717) is 22.3 Å². The predicted octanol–water partition coefficient (Wildman–Crippen LogP) is 3.65. The average Bonchev–Trinajstić information content (AvgIpc) is 3.22. The first kappa shape index (κ1) is 17.2. The third kappa shape index (κ3) is 4.05. The Hall–Kier alpha value is -2.68. The van der Waals surface area contributed by atoms with Crippen molar-refractivity contribution in [3.05, 3.63) is 48.2 Å². The van der Waals surface area contributed by atoms with Gasteiger partial charge in [0, 0.05) is 12.6 Å². The van der Waals surface area contributed by atoms with Crippen molar-refractivity contribution < 1.29 is 22.7 Å². The van der Waals surface area contributed by atoms with E-state index in [-0.39, 0.29) is 17.3 Å². The van der Waals surface area contributed by atoms with Crippen LogP contribution in [0.4, 0.5) is 8.78 Å². The molecule has 1 aromatic carbocycles. The summed E-state index contributed by atoms with van der Waals surface area (Å²) in [6, 6.07) is 9.09. The SMILES string of the molecule is Cn1c(SCC(=O)c2ccc(OC(F)F)cc2)nnc1-c1ccco1. The quantitative estimate of drug-likeness (QED) is 0.470. The van der Waals surface area contributed by atoms with Gasteiger partial charge >= 0.3 is 6.61 Å². The number of hydrogen-bond acceptors (Lipinski definition) is 6. The molecule has 0 saturated carbocycles. The minimum absolute atomic E-state index is 0.00981. The standard InChI is InChI=1S/C16H13F2N3O3S/c1-21-14(13-3-2-8-23-13)19-20-16(21)25-9-12(22)10-4-6-11(7-5-10)24-15(17)18/h2-8,15H,9H2,1H3. The molecule has 0 aliphatic heterocycles. The number of furan rings is 1. The Morgan fingerprint density at radius 1 is 1.28 bits per heavy atom. The number of halogens is 2. The molecule has 0 saturated heterocycles. The van der Waals surface area contributed by atoms with Crippen molar-refractivity contribution in [1.29, 1.82) is 0 Å². The van der Waals surface area contributed by atoms with Crippen molar-refractivity contribution in [2.24, 2.45) is 7.05 Å². The maximum atomic E-state index is 12.2. The molecule has 0 atom stereocenters. The molecule has 2 aromatic heterocycles. The largest absolute Gasteiger partial charge is 0.461 e. The van der Waals surface area contributed by atoms with Crippen molar-refractivity contribution in [1.82, 2.24) is 14.8 Å². The van der Waals surface area contributed by atoms with Gasteiger partial charge in [0.25, 0.3) is 0 Å². The Bertz CT molecular complexity index is 848. The van der Waals surface area contributed by atoms with Crippen LogP contribution in [0.3, 0.4) is 0 Å². The lowest BCUT2D eigenvalue weighted by Gasteiger charge is -2.05. The molecule has 3 rings (SSSR count). The highest BCUT2D eigenvalue weighted by molar-refractivity contribution is 7.99. The molecule has 0 bridgehead atoms. The summed E-state index contributed by atoms with van der Waals surface area (Å²) >= 11 is 1.23. The summed E-state index contributed by atoms with van der Waals surface area (Å²) in [5.74, 6) is 1.14. The number of ketones is 1. The number of carbonyl (C=O) groups is 1. The molecule has 0 amide bonds. The van der Waals surface area contributed by atoms with E-state index in [2.05, 4.69) is 14.9 Å². The maximum absolute atomic E-state index is 12.2. The van der Waals surface area contributed by atoms with Gasteiger partial charge in [-0.1, -0.05) is 11.8 Å². The molecule has 0 unspecified atom stereocenters. The lowest BCUT2D eigenvalue weighted by atomic mass is 10.1. The number of Topliss-reactive ketones (excluding diaryl/α,β-unsaturated/α-hetero) is 1. The summed E-state index contributed by atoms with van der Waals surface area (Å²) < 4.78 is 35.5. The van der Waals surface area contributed by atoms with Gasteiger partial charge in [-0.3, -0.25) is 4.79 Å². The summed E-state index contributed by atoms with van der Waals surface area (Å²) in [7, 11) is 1.78. The first-order chi connectivity index (χ1) is 12.0. The zero-order valence-electron chi connectivity index (χ0n) is 13.1. The van der Waals surface area contributed by atoms with Gasteiger partial charge < -0.3 is 13.7 Å². The molecule has 25 heavy (non-hydrogen) atoms. The van der Waals surface area contributed by atoms with Crippen LogP contribution in [0.25, 0.3) is 11.6 Å². The van der Waals surface area contributed by atoms with Crippen LogP contribution in [0, 0.1) is 0 Å². The summed E-state index contributed by atoms with van der Waals surface area (Å²) in [6.45, 7) is -2.89. The van der Waals surface area contributed by atoms with E-state index in [1.165, 1.54) is 36.0 Å². The highest BCUT2D eigenvalue weighted by atomic mass is 32.2. The highest BCUT2D eigenvalue weighted by Crippen LogP contribution is 2.24. The van der Waals surface area contributed by atoms with Gasteiger partial charge in [-0.05, 0) is 36.4 Å². The normalized spacial score (nSPS) is 11.0. The lowest BCUT2D eigenvalue weighted by Crippen LogP contribution is -2.05. The maximum Gasteiger partial charge on any atom is 0.387 e. The van der Waals surface area contributed by atoms with Crippen LogP contribution >= 0.6 is 11.8 Å². The first-order valence-electron chi connectivity index (χ1n) is 7.18. The van der Waals surface area contributed by atoms with Crippen LogP contribution in [0.1, 0.15) is 10.4 Å². The Kier molecular flexibility index (Phi) is 5.13. The Labute approximate surface area is 145 Å². The lowest BCUT2D eigenvalue weighted by molar-refractivity contribution is -0.0498. The molecule has 6 nitrogen and oxygen atoms in total. The van der Waals surface area contributed by atoms with Gasteiger partial charge in [-0.15, -0.1) is 10.2 Å². The number of nitrogens with zero attached hydrogens (tertiary/aromatic N) is 3. The predicted molar refractivity (Wildman–Crippen MR) is 86.8 cm³/mol. The van der Waals surface area contributed by atoms with Crippen molar-refractivity contribution in [2.45, 2.75) is 11.8 Å². The Morgan fingerprint density at radius 3 is 2.68 bits per heavy atom. The number of aromatic nitrogens is 3. The molecule has 0 radical (unpaired) electrons. The van der Waals surface area contributed by atoms with Crippen LogP contribution in [0.2, 0.25) is 0 Å². The molecule has 0 aliphatic carbocycles. The van der Waals surface area contributed by atoms with Crippen LogP contribution in [0.5, 0.6) is 5.75 Å². The molecular formula is C16H13F2N3O3S. The van der Waals surface area contributed by atoms with Crippen molar-refractivity contribution in [3.8, 4) is 17.3 Å². The summed E-state index contributed by atoms with van der Waals surface area (Å²) in [4.78, 5) is 12.2. The Balaban J connectivity index is 1.63. The molecule has 0 spiro atoms. The molecule has 3 aromatic rings. The second-order valence-electron chi connectivity index (χ2n) is 4.96. The van der Waals surface area contributed by atoms with Gasteiger partial charge in [-0.2, -0.15) is 8.78 Å². The van der Waals surface area contributed by atoms with Gasteiger partial charge in [0.05, 0.1) is 12.0 Å². The van der Waals surface area contributed by atoms with Crippen LogP contribution in [-0.2, 0) is 7.05 Å². The number of rotatable bonds is 7. The fraction of sp³-hybridized carbons (Fsp3) is 0.188. The summed E-state index contributed by atoms with van der Waals surface area (Å²) in [5.41, 5.74) is 0.405. The Morgan fingerprint density at radius 2 is 2.04 bits per heavy atom. The number of carbonyl (C=O) groups excluding carboxylic acids is 1. The number of hydrogen-bond donors (Lipinski definition) is 0. The summed E-state index contributed by atoms with van der Waals surface area (Å²) in [5, 5.41) is 8.66. The third-order valence-electron chi connectivity index (χ3n) is 3.31. The number of alkyl halides is 2. The van der Waals surface area contributed by atoms with E-state index in [0.717, 1.165) is 0 Å². The fourth-order valence-corrected chi connectivity index (χ4v) is 2.90. The molecule has 0 aliphatic rings. The van der Waals surface area contributed by atoms with E-state index in [9.17, 15) is 13.6 Å². The second-order valence-corrected chi connectivity index (χ2v) is 5.90. The smallest absolute Gasteiger partial charge is 0.387 e. The number of ether oxygens (including phenoxy) is 1. The molecule has 9 heteroatoms. The molecule has 130 valence electrons. The van der Waals surface area contributed by atoms with Gasteiger partial charge in [0.2, 0.25) is 0 Å². The van der Waals surface area contributed by atoms with E-state index in [4.69, 9.17) is 4.42 Å². The molecule has 0 N–H and O–H groups in total. The van der Waals surface area contributed by atoms with Crippen LogP contribution in [0.15, 0.2) is 52.2 Å². The third-order valence-corrected chi connectivity index (χ3v) is 4.33. The topological polar surface area (TPSA) is 70.2 Å². The zero-order valence-corrected chi connectivity index (χ0v) is 13.9. The molecule has 2 heterocycles. The number of thioether (sulfide) groups is 1. The van der Waals surface area contributed by atoms with Crippen LogP contribution < -0.4 is 4.74 Å². The summed E-state index contributed by atoms with van der Waals surface area (Å²) in [6.07, 6.45) is 1.54. The van der Waals surface area contributed by atoms with E-state index in [1.54, 1.807) is 30.0 Å². The molecular weight excluding hydrogens is 352 g/mol. The minimum Gasteiger partial charge on any atom is -0.461 e.